The molecule has 0 spiro atoms. The van der Waals surface area contributed by atoms with Crippen LogP contribution in [0.2, 0.25) is 0 Å². The number of aryl methyl sites for hydroxylation is 1. The van der Waals surface area contributed by atoms with Gasteiger partial charge >= 0.3 is 0 Å². The number of amides is 1. The summed E-state index contributed by atoms with van der Waals surface area (Å²) in [5, 5.41) is 2.42. The molecular weight excluding hydrogens is 206 g/mol. The van der Waals surface area contributed by atoms with Crippen molar-refractivity contribution in [1.29, 1.82) is 0 Å². The molecule has 0 heterocycles. The van der Waals surface area contributed by atoms with Crippen LogP contribution in [0.3, 0.4) is 0 Å². The van der Waals surface area contributed by atoms with E-state index in [1.54, 1.807) is 0 Å². The van der Waals surface area contributed by atoms with Crippen LogP contribution in [0.15, 0.2) is 24.3 Å². The van der Waals surface area contributed by atoms with Gasteiger partial charge in [-0.3, -0.25) is 4.79 Å². The monoisotopic (exact) mass is 223 g/mol. The third kappa shape index (κ3) is 4.38. The van der Waals surface area contributed by atoms with Crippen LogP contribution in [0.5, 0.6) is 0 Å². The van der Waals surface area contributed by atoms with E-state index in [1.165, 1.54) is 18.4 Å². The highest BCUT2D eigenvalue weighted by atomic mass is 32.1. The lowest BCUT2D eigenvalue weighted by molar-refractivity contribution is 0.270. The number of hydrogen-bond acceptors (Lipinski definition) is 1. The average molecular weight is 223 g/mol. The predicted molar refractivity (Wildman–Crippen MR) is 67.7 cm³/mol. The first-order chi connectivity index (χ1) is 7.24. The van der Waals surface area contributed by atoms with Gasteiger partial charge in [0.25, 0.3) is 5.24 Å². The van der Waals surface area contributed by atoms with Crippen molar-refractivity contribution in [2.24, 2.45) is 0 Å². The molecule has 82 valence electrons. The Morgan fingerprint density at radius 3 is 2.73 bits per heavy atom. The molecule has 3 heteroatoms. The van der Waals surface area contributed by atoms with Gasteiger partial charge in [0.1, 0.15) is 0 Å². The molecule has 0 fully saturated rings. The van der Waals surface area contributed by atoms with Crippen LogP contribution in [-0.2, 0) is 6.42 Å². The number of rotatable bonds is 5. The summed E-state index contributed by atoms with van der Waals surface area (Å²) >= 11 is 3.72. The smallest absolute Gasteiger partial charge is 0.280 e. The van der Waals surface area contributed by atoms with Gasteiger partial charge in [-0.1, -0.05) is 50.6 Å². The van der Waals surface area contributed by atoms with E-state index in [2.05, 4.69) is 30.9 Å². The Morgan fingerprint density at radius 1 is 1.33 bits per heavy atom. The quantitative estimate of drug-likeness (QED) is 0.575. The van der Waals surface area contributed by atoms with Crippen molar-refractivity contribution in [3.05, 3.63) is 29.8 Å². The highest BCUT2D eigenvalue weighted by Gasteiger charge is 2.02. The van der Waals surface area contributed by atoms with Gasteiger partial charge in [0.2, 0.25) is 0 Å². The van der Waals surface area contributed by atoms with Crippen LogP contribution in [-0.4, -0.2) is 5.24 Å². The Hall–Kier alpha value is -0.960. The maximum Gasteiger partial charge on any atom is 0.280 e. The average Bonchev–Trinajstić information content (AvgIpc) is 2.20. The van der Waals surface area contributed by atoms with Crippen LogP contribution in [0.25, 0.3) is 0 Å². The van der Waals surface area contributed by atoms with Crippen LogP contribution in [0.1, 0.15) is 31.7 Å². The van der Waals surface area contributed by atoms with Gasteiger partial charge in [0.15, 0.2) is 0 Å². The fraction of sp³-hybridized carbons (Fsp3) is 0.417. The number of anilines is 1. The number of benzene rings is 1. The zero-order valence-electron chi connectivity index (χ0n) is 8.99. The summed E-state index contributed by atoms with van der Waals surface area (Å²) in [5.41, 5.74) is 2.07. The molecular formula is C12H17NOS. The lowest BCUT2D eigenvalue weighted by Gasteiger charge is -2.08. The largest absolute Gasteiger partial charge is 0.317 e. The Labute approximate surface area is 96.5 Å². The van der Waals surface area contributed by atoms with Gasteiger partial charge in [-0.25, -0.2) is 0 Å². The molecule has 1 aromatic rings. The number of carbonyl (C=O) groups is 1. The predicted octanol–water partition coefficient (Wildman–Crippen LogP) is 3.88. The van der Waals surface area contributed by atoms with E-state index in [-0.39, 0.29) is 5.24 Å². The maximum absolute atomic E-state index is 10.8. The van der Waals surface area contributed by atoms with E-state index in [0.29, 0.717) is 0 Å². The van der Waals surface area contributed by atoms with Gasteiger partial charge in [-0.2, -0.15) is 0 Å². The van der Waals surface area contributed by atoms with Gasteiger partial charge in [0.05, 0.1) is 0 Å². The molecule has 1 rings (SSSR count). The van der Waals surface area contributed by atoms with Crippen molar-refractivity contribution in [3.63, 3.8) is 0 Å². The molecule has 0 aliphatic heterocycles. The first kappa shape index (κ1) is 12.1. The molecule has 0 saturated heterocycles. The summed E-state index contributed by atoms with van der Waals surface area (Å²) in [4.78, 5) is 10.8. The van der Waals surface area contributed by atoms with Crippen molar-refractivity contribution in [3.8, 4) is 0 Å². The number of carbonyl (C=O) groups excluding carboxylic acids is 1. The zero-order chi connectivity index (χ0) is 11.1. The van der Waals surface area contributed by atoms with Crippen LogP contribution >= 0.6 is 12.6 Å². The summed E-state index contributed by atoms with van der Waals surface area (Å²) in [5.74, 6) is 0. The van der Waals surface area contributed by atoms with E-state index in [4.69, 9.17) is 0 Å². The Kier molecular flexibility index (Phi) is 5.26. The maximum atomic E-state index is 10.8. The van der Waals surface area contributed by atoms with Crippen LogP contribution < -0.4 is 5.32 Å². The summed E-state index contributed by atoms with van der Waals surface area (Å²) in [6.07, 6.45) is 4.61. The highest BCUT2D eigenvalue weighted by Crippen LogP contribution is 2.18. The standard InChI is InChI=1S/C12H17NOS/c1-2-3-4-7-10-8-5-6-9-11(10)13-12(14)15/h5-6,8-9H,2-4,7H2,1H3,(H2,13,14,15). The molecule has 0 atom stereocenters. The van der Waals surface area contributed by atoms with Crippen molar-refractivity contribution >= 4 is 23.6 Å². The molecule has 0 bridgehead atoms. The van der Waals surface area contributed by atoms with E-state index < -0.39 is 0 Å². The second-order valence-corrected chi connectivity index (χ2v) is 3.95. The molecule has 1 N–H and O–H groups in total. The fourth-order valence-electron chi connectivity index (χ4n) is 1.54. The van der Waals surface area contributed by atoms with Gasteiger partial charge in [0, 0.05) is 5.69 Å². The van der Waals surface area contributed by atoms with Crippen molar-refractivity contribution in [2.75, 3.05) is 5.32 Å². The van der Waals surface area contributed by atoms with Gasteiger partial charge in [-0.15, -0.1) is 0 Å². The number of hydrogen-bond donors (Lipinski definition) is 2. The minimum absolute atomic E-state index is 0.307. The summed E-state index contributed by atoms with van der Waals surface area (Å²) in [7, 11) is 0. The Morgan fingerprint density at radius 2 is 2.07 bits per heavy atom. The summed E-state index contributed by atoms with van der Waals surface area (Å²) in [6.45, 7) is 2.18. The lowest BCUT2D eigenvalue weighted by Crippen LogP contribution is -2.04. The topological polar surface area (TPSA) is 29.1 Å². The number of unbranched alkanes of at least 4 members (excludes halogenated alkanes) is 2. The van der Waals surface area contributed by atoms with E-state index in [1.807, 2.05) is 18.2 Å². The van der Waals surface area contributed by atoms with Crippen LogP contribution in [0, 0.1) is 0 Å². The van der Waals surface area contributed by atoms with E-state index in [9.17, 15) is 4.79 Å². The third-order valence-corrected chi connectivity index (χ3v) is 2.42. The molecule has 2 nitrogen and oxygen atoms in total. The van der Waals surface area contributed by atoms with Crippen LogP contribution in [0.4, 0.5) is 10.5 Å². The molecule has 0 radical (unpaired) electrons. The Balaban J connectivity index is 2.64. The highest BCUT2D eigenvalue weighted by molar-refractivity contribution is 7.96. The summed E-state index contributed by atoms with van der Waals surface area (Å²) in [6, 6.07) is 7.88. The minimum Gasteiger partial charge on any atom is -0.317 e. The SMILES string of the molecule is CCCCCc1ccccc1NC(=O)S. The first-order valence-corrected chi connectivity index (χ1v) is 5.76. The zero-order valence-corrected chi connectivity index (χ0v) is 9.89. The lowest BCUT2D eigenvalue weighted by atomic mass is 10.1. The normalized spacial score (nSPS) is 10.0. The third-order valence-electron chi connectivity index (χ3n) is 2.31. The second-order valence-electron chi connectivity index (χ2n) is 3.54. The molecule has 1 amide bonds. The minimum atomic E-state index is -0.307. The molecule has 0 aromatic heterocycles. The van der Waals surface area contributed by atoms with E-state index in [0.717, 1.165) is 18.5 Å². The fourth-order valence-corrected chi connectivity index (χ4v) is 1.66. The Bertz CT molecular complexity index is 325. The number of thiol groups is 1. The molecule has 0 unspecified atom stereocenters. The molecule has 15 heavy (non-hydrogen) atoms. The number of para-hydroxylation sites is 1. The second kappa shape index (κ2) is 6.51. The van der Waals surface area contributed by atoms with Crippen molar-refractivity contribution in [1.82, 2.24) is 0 Å². The van der Waals surface area contributed by atoms with E-state index >= 15 is 0 Å². The van der Waals surface area contributed by atoms with Crippen molar-refractivity contribution < 1.29 is 4.79 Å². The van der Waals surface area contributed by atoms with Gasteiger partial charge in [-0.05, 0) is 24.5 Å². The van der Waals surface area contributed by atoms with Gasteiger partial charge < -0.3 is 5.32 Å². The molecule has 1 aromatic carbocycles. The molecule has 0 aliphatic rings. The first-order valence-electron chi connectivity index (χ1n) is 5.32. The molecule has 0 saturated carbocycles. The van der Waals surface area contributed by atoms with Crippen molar-refractivity contribution in [2.45, 2.75) is 32.6 Å². The summed E-state index contributed by atoms with van der Waals surface area (Å²) < 4.78 is 0. The number of nitrogens with one attached hydrogen (secondary N) is 1. The molecule has 0 aliphatic carbocycles.